The van der Waals surface area contributed by atoms with E-state index in [0.29, 0.717) is 22.9 Å². The SMILES string of the molecule is COc1ccc(-c2coc3ccc(-c4nnc(C)o4)cc23)cc1F. The lowest BCUT2D eigenvalue weighted by molar-refractivity contribution is 0.386. The smallest absolute Gasteiger partial charge is 0.247 e. The normalized spacial score (nSPS) is 11.1. The molecule has 2 aromatic heterocycles. The molecule has 0 amide bonds. The molecule has 0 aliphatic carbocycles. The Morgan fingerprint density at radius 1 is 1.04 bits per heavy atom. The third-order valence-corrected chi connectivity index (χ3v) is 3.81. The molecule has 6 heteroatoms. The number of hydrogen-bond acceptors (Lipinski definition) is 5. The molecule has 0 radical (unpaired) electrons. The second-order valence-corrected chi connectivity index (χ2v) is 5.34. The van der Waals surface area contributed by atoms with Gasteiger partial charge < -0.3 is 13.6 Å². The summed E-state index contributed by atoms with van der Waals surface area (Å²) >= 11 is 0. The maximum absolute atomic E-state index is 14.0. The maximum atomic E-state index is 14.0. The number of halogens is 1. The topological polar surface area (TPSA) is 61.3 Å². The van der Waals surface area contributed by atoms with Crippen LogP contribution in [0.3, 0.4) is 0 Å². The fraction of sp³-hybridized carbons (Fsp3) is 0.111. The molecule has 0 bridgehead atoms. The summed E-state index contributed by atoms with van der Waals surface area (Å²) in [5, 5.41) is 8.70. The van der Waals surface area contributed by atoms with Crippen molar-refractivity contribution in [2.75, 3.05) is 7.11 Å². The molecule has 0 N–H and O–H groups in total. The molecule has 4 aromatic rings. The van der Waals surface area contributed by atoms with Crippen molar-refractivity contribution >= 4 is 11.0 Å². The lowest BCUT2D eigenvalue weighted by Gasteiger charge is -2.04. The van der Waals surface area contributed by atoms with Crippen molar-refractivity contribution in [2.24, 2.45) is 0 Å². The first-order valence-corrected chi connectivity index (χ1v) is 7.31. The van der Waals surface area contributed by atoms with E-state index in [-0.39, 0.29) is 5.75 Å². The molecule has 24 heavy (non-hydrogen) atoms. The monoisotopic (exact) mass is 324 g/mol. The van der Waals surface area contributed by atoms with Gasteiger partial charge in [-0.3, -0.25) is 0 Å². The van der Waals surface area contributed by atoms with Crippen molar-refractivity contribution in [3.63, 3.8) is 0 Å². The lowest BCUT2D eigenvalue weighted by atomic mass is 10.0. The zero-order chi connectivity index (χ0) is 16.7. The summed E-state index contributed by atoms with van der Waals surface area (Å²) < 4.78 is 30.0. The Labute approximate surface area is 136 Å². The van der Waals surface area contributed by atoms with Crippen molar-refractivity contribution in [2.45, 2.75) is 6.92 Å². The minimum absolute atomic E-state index is 0.202. The summed E-state index contributed by atoms with van der Waals surface area (Å²) in [6, 6.07) is 10.4. The van der Waals surface area contributed by atoms with Crippen LogP contribution in [-0.2, 0) is 0 Å². The van der Waals surface area contributed by atoms with E-state index < -0.39 is 5.82 Å². The van der Waals surface area contributed by atoms with Gasteiger partial charge in [0.15, 0.2) is 11.6 Å². The van der Waals surface area contributed by atoms with E-state index in [1.54, 1.807) is 25.3 Å². The van der Waals surface area contributed by atoms with Gasteiger partial charge in [-0.25, -0.2) is 4.39 Å². The van der Waals surface area contributed by atoms with Crippen molar-refractivity contribution in [3.8, 4) is 28.3 Å². The van der Waals surface area contributed by atoms with E-state index in [9.17, 15) is 4.39 Å². The van der Waals surface area contributed by atoms with Crippen molar-refractivity contribution < 1.29 is 18.0 Å². The molecule has 0 aliphatic heterocycles. The number of benzene rings is 2. The third kappa shape index (κ3) is 2.32. The highest BCUT2D eigenvalue weighted by atomic mass is 19.1. The fourth-order valence-corrected chi connectivity index (χ4v) is 2.63. The van der Waals surface area contributed by atoms with E-state index >= 15 is 0 Å². The summed E-state index contributed by atoms with van der Waals surface area (Å²) in [5.41, 5.74) is 2.96. The molecule has 120 valence electrons. The number of fused-ring (bicyclic) bond motifs is 1. The molecule has 2 aromatic carbocycles. The number of nitrogens with zero attached hydrogens (tertiary/aromatic N) is 2. The fourth-order valence-electron chi connectivity index (χ4n) is 2.63. The van der Waals surface area contributed by atoms with E-state index in [4.69, 9.17) is 13.6 Å². The van der Waals surface area contributed by atoms with Crippen LogP contribution in [0, 0.1) is 12.7 Å². The molecule has 0 spiro atoms. The molecule has 0 fully saturated rings. The zero-order valence-corrected chi connectivity index (χ0v) is 13.0. The number of aromatic nitrogens is 2. The predicted molar refractivity (Wildman–Crippen MR) is 86.2 cm³/mol. The van der Waals surface area contributed by atoms with E-state index in [0.717, 1.165) is 16.5 Å². The van der Waals surface area contributed by atoms with Crippen LogP contribution in [0.15, 0.2) is 51.5 Å². The highest BCUT2D eigenvalue weighted by Gasteiger charge is 2.14. The lowest BCUT2D eigenvalue weighted by Crippen LogP contribution is -1.88. The van der Waals surface area contributed by atoms with Crippen LogP contribution < -0.4 is 4.74 Å². The average Bonchev–Trinajstić information content (AvgIpc) is 3.20. The molecule has 2 heterocycles. The molecular weight excluding hydrogens is 311 g/mol. The number of ether oxygens (including phenoxy) is 1. The first-order valence-electron chi connectivity index (χ1n) is 7.31. The van der Waals surface area contributed by atoms with Gasteiger partial charge in [0, 0.05) is 23.4 Å². The molecule has 0 saturated heterocycles. The number of hydrogen-bond donors (Lipinski definition) is 0. The van der Waals surface area contributed by atoms with Gasteiger partial charge in [-0.15, -0.1) is 10.2 Å². The zero-order valence-electron chi connectivity index (χ0n) is 13.0. The van der Waals surface area contributed by atoms with Crippen LogP contribution in [0.5, 0.6) is 5.75 Å². The van der Waals surface area contributed by atoms with E-state index in [2.05, 4.69) is 10.2 Å². The summed E-state index contributed by atoms with van der Waals surface area (Å²) in [4.78, 5) is 0. The Morgan fingerprint density at radius 3 is 2.58 bits per heavy atom. The van der Waals surface area contributed by atoms with E-state index in [1.165, 1.54) is 13.2 Å². The summed E-state index contributed by atoms with van der Waals surface area (Å²) in [6.45, 7) is 1.73. The number of furan rings is 1. The predicted octanol–water partition coefficient (Wildman–Crippen LogP) is 4.61. The van der Waals surface area contributed by atoms with Gasteiger partial charge in [-0.1, -0.05) is 6.07 Å². The molecule has 0 saturated carbocycles. The number of rotatable bonds is 3. The highest BCUT2D eigenvalue weighted by Crippen LogP contribution is 2.35. The largest absolute Gasteiger partial charge is 0.494 e. The van der Waals surface area contributed by atoms with Crippen molar-refractivity contribution in [1.29, 1.82) is 0 Å². The van der Waals surface area contributed by atoms with Crippen LogP contribution in [0.2, 0.25) is 0 Å². The van der Waals surface area contributed by atoms with Gasteiger partial charge in [0.2, 0.25) is 11.8 Å². The molecule has 0 unspecified atom stereocenters. The molecular formula is C18H13FN2O3. The Morgan fingerprint density at radius 2 is 1.88 bits per heavy atom. The van der Waals surface area contributed by atoms with Gasteiger partial charge in [0.1, 0.15) is 5.58 Å². The molecule has 0 aliphatic rings. The van der Waals surface area contributed by atoms with Crippen molar-refractivity contribution in [3.05, 3.63) is 54.4 Å². The minimum Gasteiger partial charge on any atom is -0.494 e. The minimum atomic E-state index is -0.423. The summed E-state index contributed by atoms with van der Waals surface area (Å²) in [7, 11) is 1.43. The van der Waals surface area contributed by atoms with Crippen LogP contribution in [0.4, 0.5) is 4.39 Å². The Balaban J connectivity index is 1.85. The molecule has 4 rings (SSSR count). The van der Waals surface area contributed by atoms with Gasteiger partial charge in [-0.05, 0) is 35.9 Å². The molecule has 0 atom stereocenters. The number of methoxy groups -OCH3 is 1. The third-order valence-electron chi connectivity index (χ3n) is 3.81. The average molecular weight is 324 g/mol. The van der Waals surface area contributed by atoms with Crippen LogP contribution in [0.25, 0.3) is 33.6 Å². The first-order chi connectivity index (χ1) is 11.7. The summed E-state index contributed by atoms with van der Waals surface area (Å²) in [6.07, 6.45) is 1.61. The first kappa shape index (κ1) is 14.4. The highest BCUT2D eigenvalue weighted by molar-refractivity contribution is 5.96. The Kier molecular flexibility index (Phi) is 3.30. The second kappa shape index (κ2) is 5.49. The summed E-state index contributed by atoms with van der Waals surface area (Å²) in [5.74, 6) is 0.707. The quantitative estimate of drug-likeness (QED) is 0.551. The Hall–Kier alpha value is -3.15. The standard InChI is InChI=1S/C18H13FN2O3/c1-10-20-21-18(24-10)12-4-5-16-13(7-12)14(9-23-16)11-3-6-17(22-2)15(19)8-11/h3-9H,1-2H3. The van der Waals surface area contributed by atoms with E-state index in [1.807, 2.05) is 18.2 Å². The van der Waals surface area contributed by atoms with Crippen molar-refractivity contribution in [1.82, 2.24) is 10.2 Å². The van der Waals surface area contributed by atoms with Crippen LogP contribution in [0.1, 0.15) is 5.89 Å². The maximum Gasteiger partial charge on any atom is 0.247 e. The Bertz CT molecular complexity index is 1040. The van der Waals surface area contributed by atoms with Crippen LogP contribution >= 0.6 is 0 Å². The molecule has 5 nitrogen and oxygen atoms in total. The van der Waals surface area contributed by atoms with Crippen LogP contribution in [-0.4, -0.2) is 17.3 Å². The van der Waals surface area contributed by atoms with Gasteiger partial charge in [0.05, 0.1) is 13.4 Å². The number of aryl methyl sites for hydroxylation is 1. The van der Waals surface area contributed by atoms with Gasteiger partial charge >= 0.3 is 0 Å². The van der Waals surface area contributed by atoms with Gasteiger partial charge in [0.25, 0.3) is 0 Å². The van der Waals surface area contributed by atoms with Gasteiger partial charge in [-0.2, -0.15) is 0 Å². The second-order valence-electron chi connectivity index (χ2n) is 5.34.